The average Bonchev–Trinajstić information content (AvgIpc) is 3.71. The number of carbonyl (C=O) groups excluding carboxylic acids is 1. The number of pyridine rings is 1. The molecule has 2 aliphatic rings. The molecule has 2 heterocycles. The molecule has 11 heteroatoms. The second-order valence-electron chi connectivity index (χ2n) is 9.24. The highest BCUT2D eigenvalue weighted by atomic mass is 35.5. The highest BCUT2D eigenvalue weighted by Gasteiger charge is 2.28. The number of anilines is 1. The van der Waals surface area contributed by atoms with Crippen molar-refractivity contribution in [3.8, 4) is 0 Å². The van der Waals surface area contributed by atoms with Crippen molar-refractivity contribution in [2.75, 3.05) is 37.6 Å². The molecule has 2 fully saturated rings. The van der Waals surface area contributed by atoms with Crippen molar-refractivity contribution < 1.29 is 19.1 Å². The Labute approximate surface area is 216 Å². The van der Waals surface area contributed by atoms with Crippen LogP contribution in [-0.2, 0) is 4.79 Å². The molecule has 9 nitrogen and oxygen atoms in total. The number of amides is 1. The first-order chi connectivity index (χ1) is 17.8. The quantitative estimate of drug-likeness (QED) is 0.362. The third kappa shape index (κ3) is 5.50. The minimum Gasteiger partial charge on any atom is -0.477 e. The van der Waals surface area contributed by atoms with Crippen LogP contribution in [-0.4, -0.2) is 65.4 Å². The van der Waals surface area contributed by atoms with Crippen LogP contribution >= 0.6 is 11.6 Å². The Morgan fingerprint density at radius 2 is 1.84 bits per heavy atom. The maximum atomic E-state index is 15.1. The fraction of sp³-hybridized carbons (Fsp3) is 0.308. The Bertz CT molecular complexity index is 1440. The molecule has 5 rings (SSSR count). The average molecular weight is 526 g/mol. The maximum Gasteiger partial charge on any atom is 0.341 e. The number of benzene rings is 2. The first kappa shape index (κ1) is 24.9. The Balaban J connectivity index is 1.25. The predicted molar refractivity (Wildman–Crippen MR) is 139 cm³/mol. The number of hydrogen-bond acceptors (Lipinski definition) is 6. The summed E-state index contributed by atoms with van der Waals surface area (Å²) in [6, 6.07) is 9.95. The zero-order valence-electron chi connectivity index (χ0n) is 19.9. The van der Waals surface area contributed by atoms with Crippen molar-refractivity contribution in [2.24, 2.45) is 5.10 Å². The van der Waals surface area contributed by atoms with Crippen molar-refractivity contribution in [3.05, 3.63) is 74.8 Å². The van der Waals surface area contributed by atoms with Crippen molar-refractivity contribution in [3.63, 3.8) is 0 Å². The molecule has 0 bridgehead atoms. The van der Waals surface area contributed by atoms with E-state index in [4.69, 9.17) is 11.6 Å². The van der Waals surface area contributed by atoms with Crippen molar-refractivity contribution in [1.29, 1.82) is 0 Å². The summed E-state index contributed by atoms with van der Waals surface area (Å²) in [5.74, 6) is -2.14. The van der Waals surface area contributed by atoms with Crippen molar-refractivity contribution in [1.82, 2.24) is 14.9 Å². The van der Waals surface area contributed by atoms with Gasteiger partial charge in [0.05, 0.1) is 24.0 Å². The lowest BCUT2D eigenvalue weighted by Gasteiger charge is -2.36. The highest BCUT2D eigenvalue weighted by Crippen LogP contribution is 2.38. The number of nitrogens with one attached hydrogen (secondary N) is 1. The number of carboxylic acids is 1. The number of halogens is 2. The summed E-state index contributed by atoms with van der Waals surface area (Å²) < 4.78 is 16.9. The van der Waals surface area contributed by atoms with E-state index in [1.807, 2.05) is 9.80 Å². The van der Waals surface area contributed by atoms with Gasteiger partial charge >= 0.3 is 5.97 Å². The summed E-state index contributed by atoms with van der Waals surface area (Å²) in [6.45, 7) is 2.22. The van der Waals surface area contributed by atoms with Crippen LogP contribution in [0.4, 0.5) is 10.1 Å². The zero-order valence-corrected chi connectivity index (χ0v) is 20.6. The van der Waals surface area contributed by atoms with Crippen molar-refractivity contribution in [2.45, 2.75) is 18.9 Å². The van der Waals surface area contributed by atoms with Gasteiger partial charge in [0, 0.05) is 48.8 Å². The van der Waals surface area contributed by atoms with Crippen molar-refractivity contribution >= 4 is 46.3 Å². The lowest BCUT2D eigenvalue weighted by molar-refractivity contribution is -0.122. The van der Waals surface area contributed by atoms with Gasteiger partial charge in [0.25, 0.3) is 5.91 Å². The largest absolute Gasteiger partial charge is 0.477 e. The smallest absolute Gasteiger partial charge is 0.341 e. The summed E-state index contributed by atoms with van der Waals surface area (Å²) in [4.78, 5) is 40.4. The number of hydrogen-bond donors (Lipinski definition) is 2. The lowest BCUT2D eigenvalue weighted by Crippen LogP contribution is -2.49. The van der Waals surface area contributed by atoms with Crippen LogP contribution < -0.4 is 15.8 Å². The molecular weight excluding hydrogens is 501 g/mol. The molecule has 1 amide bonds. The SMILES string of the molecule is O=C(CN1CCN(c2cc3c(cc2F)c(=O)c(C(=O)O)cn3C2CC2)CC1)N/N=C/c1ccc(Cl)cc1. The van der Waals surface area contributed by atoms with E-state index in [9.17, 15) is 19.5 Å². The molecule has 0 unspecified atom stereocenters. The van der Waals surface area contributed by atoms with Gasteiger partial charge in [0.15, 0.2) is 0 Å². The van der Waals surface area contributed by atoms with E-state index in [1.165, 1.54) is 12.4 Å². The number of nitrogens with zero attached hydrogens (tertiary/aromatic N) is 4. The van der Waals surface area contributed by atoms with Gasteiger partial charge in [-0.1, -0.05) is 23.7 Å². The van der Waals surface area contributed by atoms with E-state index >= 15 is 4.39 Å². The third-order valence-corrected chi connectivity index (χ3v) is 6.88. The highest BCUT2D eigenvalue weighted by molar-refractivity contribution is 6.30. The molecule has 0 spiro atoms. The minimum atomic E-state index is -1.32. The number of carbonyl (C=O) groups is 2. The molecule has 0 atom stereocenters. The Morgan fingerprint density at radius 3 is 2.49 bits per heavy atom. The number of aromatic carboxylic acids is 1. The van der Waals surface area contributed by atoms with Crippen LogP contribution in [0.2, 0.25) is 5.02 Å². The summed E-state index contributed by atoms with van der Waals surface area (Å²) >= 11 is 5.86. The number of rotatable bonds is 7. The fourth-order valence-corrected chi connectivity index (χ4v) is 4.65. The molecule has 1 aliphatic heterocycles. The van der Waals surface area contributed by atoms with Crippen LogP contribution in [0.15, 0.2) is 52.5 Å². The first-order valence-corrected chi connectivity index (χ1v) is 12.3. The van der Waals surface area contributed by atoms with Crippen LogP contribution in [0.25, 0.3) is 10.9 Å². The maximum absolute atomic E-state index is 15.1. The van der Waals surface area contributed by atoms with Crippen LogP contribution in [0.1, 0.15) is 34.8 Å². The molecule has 2 N–H and O–H groups in total. The molecule has 1 saturated heterocycles. The molecule has 3 aromatic rings. The molecule has 0 radical (unpaired) electrons. The lowest BCUT2D eigenvalue weighted by atomic mass is 10.1. The van der Waals surface area contributed by atoms with Gasteiger partial charge < -0.3 is 14.6 Å². The van der Waals surface area contributed by atoms with Crippen LogP contribution in [0, 0.1) is 5.82 Å². The topological polar surface area (TPSA) is 107 Å². The molecular formula is C26H25ClFN5O4. The van der Waals surface area contributed by atoms with E-state index in [-0.39, 0.29) is 29.4 Å². The van der Waals surface area contributed by atoms with Gasteiger partial charge in [0.2, 0.25) is 5.43 Å². The predicted octanol–water partition coefficient (Wildman–Crippen LogP) is 3.10. The zero-order chi connectivity index (χ0) is 26.1. The first-order valence-electron chi connectivity index (χ1n) is 12.0. The minimum absolute atomic E-state index is 0.0718. The van der Waals surface area contributed by atoms with E-state index in [1.54, 1.807) is 34.9 Å². The third-order valence-electron chi connectivity index (χ3n) is 6.62. The Kier molecular flexibility index (Phi) is 6.94. The Morgan fingerprint density at radius 1 is 1.14 bits per heavy atom. The summed E-state index contributed by atoms with van der Waals surface area (Å²) in [5, 5.41) is 14.1. The van der Waals surface area contributed by atoms with Gasteiger partial charge in [-0.15, -0.1) is 0 Å². The molecule has 1 aromatic heterocycles. The van der Waals surface area contributed by atoms with E-state index in [2.05, 4.69) is 10.5 Å². The standard InChI is InChI=1S/C26H25ClFN5O4/c27-17-3-1-16(2-4-17)13-29-30-24(34)15-31-7-9-32(10-8-31)23-12-22-19(11-21(23)28)25(35)20(26(36)37)14-33(22)18-5-6-18/h1-4,11-14,18H,5-10,15H2,(H,30,34)(H,36,37)/b29-13+. The summed E-state index contributed by atoms with van der Waals surface area (Å²) in [5.41, 5.74) is 3.19. The van der Waals surface area contributed by atoms with Gasteiger partial charge in [-0.2, -0.15) is 5.10 Å². The normalized spacial score (nSPS) is 16.4. The number of carboxylic acid groups (broad SMARTS) is 1. The molecule has 1 saturated carbocycles. The molecule has 2 aromatic carbocycles. The molecule has 37 heavy (non-hydrogen) atoms. The van der Waals surface area contributed by atoms with Gasteiger partial charge in [0.1, 0.15) is 11.4 Å². The van der Waals surface area contributed by atoms with Gasteiger partial charge in [-0.25, -0.2) is 14.6 Å². The molecule has 192 valence electrons. The number of piperazine rings is 1. The number of aromatic nitrogens is 1. The van der Waals surface area contributed by atoms with E-state index < -0.39 is 17.2 Å². The number of hydrazone groups is 1. The second kappa shape index (κ2) is 10.3. The van der Waals surface area contributed by atoms with E-state index in [0.29, 0.717) is 42.4 Å². The monoisotopic (exact) mass is 525 g/mol. The second-order valence-corrected chi connectivity index (χ2v) is 9.68. The summed E-state index contributed by atoms with van der Waals surface area (Å²) in [7, 11) is 0. The fourth-order valence-electron chi connectivity index (χ4n) is 4.52. The van der Waals surface area contributed by atoms with Gasteiger partial charge in [-0.3, -0.25) is 14.5 Å². The van der Waals surface area contributed by atoms with E-state index in [0.717, 1.165) is 24.5 Å². The number of fused-ring (bicyclic) bond motifs is 1. The summed E-state index contributed by atoms with van der Waals surface area (Å²) in [6.07, 6.45) is 4.68. The Hall–Kier alpha value is -3.76. The van der Waals surface area contributed by atoms with Crippen LogP contribution in [0.5, 0.6) is 0 Å². The molecule has 1 aliphatic carbocycles. The van der Waals surface area contributed by atoms with Gasteiger partial charge in [-0.05, 0) is 42.7 Å². The van der Waals surface area contributed by atoms with Crippen LogP contribution in [0.3, 0.4) is 0 Å².